The lowest BCUT2D eigenvalue weighted by molar-refractivity contribution is 0.0697. The Hall–Kier alpha value is -5.21. The third kappa shape index (κ3) is 6.26. The zero-order valence-electron chi connectivity index (χ0n) is 23.3. The van der Waals surface area contributed by atoms with Crippen LogP contribution in [0.5, 0.6) is 5.88 Å². The quantitative estimate of drug-likeness (QED) is 0.186. The molecule has 222 valence electrons. The molecule has 0 saturated heterocycles. The molecule has 1 saturated carbocycles. The summed E-state index contributed by atoms with van der Waals surface area (Å²) >= 11 is 0. The highest BCUT2D eigenvalue weighted by Gasteiger charge is 2.23. The molecular formula is C33H25F3N4O4. The number of pyridine rings is 1. The summed E-state index contributed by atoms with van der Waals surface area (Å²) in [4.78, 5) is 20.4. The van der Waals surface area contributed by atoms with Crippen molar-refractivity contribution in [2.75, 3.05) is 6.61 Å². The number of carboxylic acid groups (broad SMARTS) is 1. The van der Waals surface area contributed by atoms with Crippen molar-refractivity contribution >= 4 is 17.0 Å². The molecule has 6 rings (SSSR count). The molecule has 11 heteroatoms. The summed E-state index contributed by atoms with van der Waals surface area (Å²) in [7, 11) is 0. The van der Waals surface area contributed by atoms with Crippen LogP contribution in [0.4, 0.5) is 13.2 Å². The molecule has 0 aliphatic heterocycles. The van der Waals surface area contributed by atoms with Crippen LogP contribution in [0.1, 0.15) is 45.7 Å². The smallest absolute Gasteiger partial charge is 0.335 e. The Balaban J connectivity index is 1.24. The molecule has 2 heterocycles. The molecule has 5 aromatic rings. The summed E-state index contributed by atoms with van der Waals surface area (Å²) in [5.41, 5.74) is 1.69. The third-order valence-corrected chi connectivity index (χ3v) is 7.31. The van der Waals surface area contributed by atoms with E-state index in [2.05, 4.69) is 9.97 Å². The fourth-order valence-corrected chi connectivity index (χ4v) is 4.86. The number of carboxylic acids is 1. The number of rotatable bonds is 11. The van der Waals surface area contributed by atoms with Gasteiger partial charge in [0.05, 0.1) is 46.6 Å². The van der Waals surface area contributed by atoms with Crippen molar-refractivity contribution in [2.45, 2.75) is 38.5 Å². The molecule has 2 aromatic heterocycles. The maximum Gasteiger partial charge on any atom is 0.335 e. The van der Waals surface area contributed by atoms with E-state index in [1.807, 2.05) is 6.07 Å². The van der Waals surface area contributed by atoms with Crippen LogP contribution in [-0.4, -0.2) is 38.3 Å². The van der Waals surface area contributed by atoms with Crippen molar-refractivity contribution in [1.82, 2.24) is 14.5 Å². The standard InChI is InChI=1S/C33H25F3N4O4/c34-25-12-19(17-37)4-5-21(25)18-44-32-3-1-2-28(39-32)24-16-26(35)22(13-27(24)36)15-31-38-29-9-6-20(33(41)42)14-30(29)40(31)10-11-43-23-7-8-23/h1-6,9,12-14,16,23H,7-8,10-11,15,18H2,(H,41,42). The van der Waals surface area contributed by atoms with E-state index in [0.717, 1.165) is 31.0 Å². The zero-order chi connectivity index (χ0) is 30.8. The van der Waals surface area contributed by atoms with E-state index in [1.54, 1.807) is 16.7 Å². The fraction of sp³-hybridized carbons (Fsp3) is 0.212. The Morgan fingerprint density at radius 3 is 2.55 bits per heavy atom. The van der Waals surface area contributed by atoms with Crippen LogP contribution in [-0.2, 0) is 24.3 Å². The number of aromatic nitrogens is 3. The molecule has 0 radical (unpaired) electrons. The van der Waals surface area contributed by atoms with E-state index in [0.29, 0.717) is 30.0 Å². The molecule has 1 N–H and O–H groups in total. The SMILES string of the molecule is N#Cc1ccc(COc2cccc(-c3cc(F)c(Cc4nc5ccc(C(=O)O)cc5n4CCOC4CC4)cc3F)n2)c(F)c1. The van der Waals surface area contributed by atoms with Gasteiger partial charge in [0.15, 0.2) is 0 Å². The predicted molar refractivity (Wildman–Crippen MR) is 154 cm³/mol. The largest absolute Gasteiger partial charge is 0.478 e. The van der Waals surface area contributed by atoms with Crippen LogP contribution in [0.3, 0.4) is 0 Å². The first-order chi connectivity index (χ1) is 21.3. The number of imidazole rings is 1. The van der Waals surface area contributed by atoms with Gasteiger partial charge in [0, 0.05) is 30.2 Å². The highest BCUT2D eigenvalue weighted by atomic mass is 19.1. The number of benzene rings is 3. The van der Waals surface area contributed by atoms with Gasteiger partial charge in [-0.1, -0.05) is 12.1 Å². The van der Waals surface area contributed by atoms with Gasteiger partial charge in [-0.15, -0.1) is 0 Å². The van der Waals surface area contributed by atoms with Crippen LogP contribution < -0.4 is 4.74 Å². The van der Waals surface area contributed by atoms with Gasteiger partial charge in [-0.2, -0.15) is 5.26 Å². The van der Waals surface area contributed by atoms with Gasteiger partial charge in [-0.05, 0) is 66.9 Å². The number of fused-ring (bicyclic) bond motifs is 1. The third-order valence-electron chi connectivity index (χ3n) is 7.31. The number of ether oxygens (including phenoxy) is 2. The number of hydrogen-bond acceptors (Lipinski definition) is 6. The molecule has 44 heavy (non-hydrogen) atoms. The molecule has 1 aliphatic carbocycles. The van der Waals surface area contributed by atoms with Crippen molar-refractivity contribution in [3.8, 4) is 23.2 Å². The molecule has 0 amide bonds. The number of hydrogen-bond donors (Lipinski definition) is 1. The molecule has 0 atom stereocenters. The van der Waals surface area contributed by atoms with Gasteiger partial charge in [0.25, 0.3) is 0 Å². The van der Waals surface area contributed by atoms with Gasteiger partial charge >= 0.3 is 5.97 Å². The summed E-state index contributed by atoms with van der Waals surface area (Å²) < 4.78 is 58.3. The minimum Gasteiger partial charge on any atom is -0.478 e. The van der Waals surface area contributed by atoms with E-state index in [4.69, 9.17) is 14.7 Å². The Bertz CT molecular complexity index is 1930. The fourth-order valence-electron chi connectivity index (χ4n) is 4.86. The lowest BCUT2D eigenvalue weighted by atomic mass is 10.0. The second-order valence-corrected chi connectivity index (χ2v) is 10.4. The van der Waals surface area contributed by atoms with Crippen molar-refractivity contribution in [3.63, 3.8) is 0 Å². The maximum absolute atomic E-state index is 15.5. The molecule has 8 nitrogen and oxygen atoms in total. The second-order valence-electron chi connectivity index (χ2n) is 10.4. The van der Waals surface area contributed by atoms with Crippen molar-refractivity contribution < 1.29 is 32.5 Å². The Morgan fingerprint density at radius 1 is 0.977 bits per heavy atom. The molecule has 0 spiro atoms. The van der Waals surface area contributed by atoms with E-state index in [9.17, 15) is 14.3 Å². The summed E-state index contributed by atoms with van der Waals surface area (Å²) in [6.45, 7) is 0.569. The van der Waals surface area contributed by atoms with Crippen molar-refractivity contribution in [2.24, 2.45) is 0 Å². The monoisotopic (exact) mass is 598 g/mol. The van der Waals surface area contributed by atoms with Crippen LogP contribution >= 0.6 is 0 Å². The topological polar surface area (TPSA) is 110 Å². The predicted octanol–water partition coefficient (Wildman–Crippen LogP) is 6.43. The first-order valence-corrected chi connectivity index (χ1v) is 13.9. The van der Waals surface area contributed by atoms with Crippen LogP contribution in [0.25, 0.3) is 22.3 Å². The maximum atomic E-state index is 15.5. The first kappa shape index (κ1) is 28.9. The highest BCUT2D eigenvalue weighted by molar-refractivity contribution is 5.92. The Labute approximate surface area is 249 Å². The van der Waals surface area contributed by atoms with Gasteiger partial charge in [0.1, 0.15) is 29.9 Å². The van der Waals surface area contributed by atoms with Gasteiger partial charge in [-0.25, -0.2) is 27.9 Å². The number of aromatic carboxylic acids is 1. The average molecular weight is 599 g/mol. The number of carbonyl (C=O) groups is 1. The minimum atomic E-state index is -1.08. The van der Waals surface area contributed by atoms with Crippen LogP contribution in [0, 0.1) is 28.8 Å². The number of halogens is 3. The molecule has 1 aliphatic rings. The van der Waals surface area contributed by atoms with E-state index >= 15 is 8.78 Å². The van der Waals surface area contributed by atoms with Gasteiger partial charge in [-0.3, -0.25) is 0 Å². The van der Waals surface area contributed by atoms with Gasteiger partial charge < -0.3 is 19.1 Å². The van der Waals surface area contributed by atoms with Crippen LogP contribution in [0.15, 0.2) is 66.7 Å². The van der Waals surface area contributed by atoms with Crippen molar-refractivity contribution in [1.29, 1.82) is 5.26 Å². The lowest BCUT2D eigenvalue weighted by Gasteiger charge is -2.12. The lowest BCUT2D eigenvalue weighted by Crippen LogP contribution is -2.11. The first-order valence-electron chi connectivity index (χ1n) is 13.9. The van der Waals surface area contributed by atoms with E-state index in [-0.39, 0.29) is 58.5 Å². The molecule has 3 aromatic carbocycles. The summed E-state index contributed by atoms with van der Waals surface area (Å²) in [5, 5.41) is 18.4. The molecular weight excluding hydrogens is 573 g/mol. The summed E-state index contributed by atoms with van der Waals surface area (Å²) in [5.74, 6) is -2.54. The number of nitriles is 1. The summed E-state index contributed by atoms with van der Waals surface area (Å²) in [6.07, 6.45) is 2.17. The Morgan fingerprint density at radius 2 is 1.80 bits per heavy atom. The molecule has 0 unspecified atom stereocenters. The number of nitrogens with zero attached hydrogens (tertiary/aromatic N) is 4. The van der Waals surface area contributed by atoms with Crippen molar-refractivity contribution in [3.05, 3.63) is 112 Å². The molecule has 1 fully saturated rings. The van der Waals surface area contributed by atoms with E-state index < -0.39 is 23.4 Å². The van der Waals surface area contributed by atoms with Gasteiger partial charge in [0.2, 0.25) is 5.88 Å². The minimum absolute atomic E-state index is 0.0454. The normalized spacial score (nSPS) is 12.8. The second kappa shape index (κ2) is 12.2. The molecule has 0 bridgehead atoms. The van der Waals surface area contributed by atoms with Crippen LogP contribution in [0.2, 0.25) is 0 Å². The van der Waals surface area contributed by atoms with E-state index in [1.165, 1.54) is 36.4 Å². The summed E-state index contributed by atoms with van der Waals surface area (Å²) in [6, 6.07) is 17.2. The highest BCUT2D eigenvalue weighted by Crippen LogP contribution is 2.29. The average Bonchev–Trinajstić information content (AvgIpc) is 3.78. The zero-order valence-corrected chi connectivity index (χ0v) is 23.3. The Kier molecular flexibility index (Phi) is 8.00.